The molecule has 16 heavy (non-hydrogen) atoms. The second-order valence-corrected chi connectivity index (χ2v) is 3.08. The molecular formula is C9H13F2N3O2. The molecule has 1 aromatic heterocycles. The Labute approximate surface area is 91.4 Å². The Balaban J connectivity index is 2.75. The van der Waals surface area contributed by atoms with E-state index < -0.39 is 13.0 Å². The lowest BCUT2D eigenvalue weighted by molar-refractivity contribution is 0.152. The smallest absolute Gasteiger partial charge is 0.255 e. The van der Waals surface area contributed by atoms with Gasteiger partial charge < -0.3 is 15.1 Å². The van der Waals surface area contributed by atoms with E-state index in [1.54, 1.807) is 0 Å². The van der Waals surface area contributed by atoms with E-state index in [0.717, 1.165) is 0 Å². The highest BCUT2D eigenvalue weighted by molar-refractivity contribution is 5.35. The first-order valence-corrected chi connectivity index (χ1v) is 4.73. The number of aromatic nitrogens is 2. The number of hydrogen-bond donors (Lipinski definition) is 2. The van der Waals surface area contributed by atoms with Gasteiger partial charge in [-0.3, -0.25) is 4.98 Å². The summed E-state index contributed by atoms with van der Waals surface area (Å²) in [6.45, 7) is -0.927. The normalized spacial score (nSPS) is 10.8. The molecule has 0 aliphatic carbocycles. The van der Waals surface area contributed by atoms with Crippen LogP contribution in [0.15, 0.2) is 12.4 Å². The van der Waals surface area contributed by atoms with Gasteiger partial charge in [-0.25, -0.2) is 13.8 Å². The van der Waals surface area contributed by atoms with Gasteiger partial charge in [0.1, 0.15) is 5.82 Å². The molecule has 5 nitrogen and oxygen atoms in total. The Bertz CT molecular complexity index is 308. The molecule has 0 aliphatic rings. The van der Waals surface area contributed by atoms with E-state index in [-0.39, 0.29) is 25.6 Å². The third kappa shape index (κ3) is 3.67. The van der Waals surface area contributed by atoms with Crippen molar-refractivity contribution in [3.63, 3.8) is 0 Å². The molecule has 0 radical (unpaired) electrons. The van der Waals surface area contributed by atoms with Crippen LogP contribution >= 0.6 is 0 Å². The Morgan fingerprint density at radius 1 is 1.25 bits per heavy atom. The van der Waals surface area contributed by atoms with E-state index >= 15 is 0 Å². The predicted octanol–water partition coefficient (Wildman–Crippen LogP) is 0.0327. The maximum atomic E-state index is 12.2. The molecule has 90 valence electrons. The van der Waals surface area contributed by atoms with Crippen molar-refractivity contribution in [3.8, 4) is 0 Å². The van der Waals surface area contributed by atoms with Gasteiger partial charge in [-0.15, -0.1) is 0 Å². The zero-order chi connectivity index (χ0) is 12.0. The fraction of sp³-hybridized carbons (Fsp3) is 0.556. The number of nitrogens with zero attached hydrogens (tertiary/aromatic N) is 3. The van der Waals surface area contributed by atoms with E-state index in [0.29, 0.717) is 5.69 Å². The molecule has 0 fully saturated rings. The van der Waals surface area contributed by atoms with Crippen LogP contribution in [0.1, 0.15) is 5.69 Å². The van der Waals surface area contributed by atoms with Crippen LogP contribution in [-0.4, -0.2) is 46.3 Å². The lowest BCUT2D eigenvalue weighted by atomic mass is 10.4. The lowest BCUT2D eigenvalue weighted by Gasteiger charge is -2.21. The van der Waals surface area contributed by atoms with Gasteiger partial charge in [0, 0.05) is 6.54 Å². The number of aliphatic hydroxyl groups is 2. The summed E-state index contributed by atoms with van der Waals surface area (Å²) >= 11 is 0. The van der Waals surface area contributed by atoms with Crippen LogP contribution in [0.25, 0.3) is 0 Å². The van der Waals surface area contributed by atoms with Gasteiger partial charge in [0.2, 0.25) is 0 Å². The number of halogens is 2. The summed E-state index contributed by atoms with van der Waals surface area (Å²) in [4.78, 5) is 8.94. The van der Waals surface area contributed by atoms with Gasteiger partial charge in [0.25, 0.3) is 6.43 Å². The fourth-order valence-corrected chi connectivity index (χ4v) is 1.18. The van der Waals surface area contributed by atoms with Gasteiger partial charge in [-0.05, 0) is 0 Å². The Hall–Kier alpha value is -1.34. The molecule has 0 aliphatic heterocycles. The second-order valence-electron chi connectivity index (χ2n) is 3.08. The topological polar surface area (TPSA) is 69.5 Å². The van der Waals surface area contributed by atoms with Crippen LogP contribution in [0.2, 0.25) is 0 Å². The molecule has 0 aromatic carbocycles. The minimum absolute atomic E-state index is 0.0670. The summed E-state index contributed by atoms with van der Waals surface area (Å²) < 4.78 is 24.5. The molecule has 2 N–H and O–H groups in total. The van der Waals surface area contributed by atoms with Gasteiger partial charge in [-0.2, -0.15) is 0 Å². The van der Waals surface area contributed by atoms with Crippen LogP contribution < -0.4 is 4.90 Å². The van der Waals surface area contributed by atoms with E-state index in [9.17, 15) is 8.78 Å². The molecule has 1 heterocycles. The average molecular weight is 233 g/mol. The zero-order valence-electron chi connectivity index (χ0n) is 8.55. The number of aliphatic hydroxyl groups excluding tert-OH is 2. The molecule has 1 aromatic rings. The number of hydrogen-bond acceptors (Lipinski definition) is 5. The van der Waals surface area contributed by atoms with Crippen molar-refractivity contribution in [2.45, 2.75) is 13.0 Å². The SMILES string of the molecule is OCCN(CC(F)F)c1cnc(CO)cn1. The summed E-state index contributed by atoms with van der Waals surface area (Å²) in [5.41, 5.74) is 0.366. The third-order valence-corrected chi connectivity index (χ3v) is 1.91. The minimum Gasteiger partial charge on any atom is -0.395 e. The number of alkyl halides is 2. The first-order valence-electron chi connectivity index (χ1n) is 4.73. The minimum atomic E-state index is -2.51. The fourth-order valence-electron chi connectivity index (χ4n) is 1.18. The first kappa shape index (κ1) is 12.7. The molecule has 0 saturated heterocycles. The van der Waals surface area contributed by atoms with Gasteiger partial charge in [-0.1, -0.05) is 0 Å². The molecule has 0 saturated carbocycles. The average Bonchev–Trinajstić information content (AvgIpc) is 2.28. The molecule has 0 bridgehead atoms. The molecule has 0 amide bonds. The predicted molar refractivity (Wildman–Crippen MR) is 53.3 cm³/mol. The van der Waals surface area contributed by atoms with E-state index in [4.69, 9.17) is 10.2 Å². The van der Waals surface area contributed by atoms with Crippen molar-refractivity contribution in [2.75, 3.05) is 24.6 Å². The molecule has 7 heteroatoms. The van der Waals surface area contributed by atoms with Crippen LogP contribution in [-0.2, 0) is 6.61 Å². The van der Waals surface area contributed by atoms with Gasteiger partial charge in [0.05, 0.1) is 37.8 Å². The van der Waals surface area contributed by atoms with Crippen molar-refractivity contribution in [3.05, 3.63) is 18.1 Å². The summed E-state index contributed by atoms with van der Waals surface area (Å²) in [7, 11) is 0. The van der Waals surface area contributed by atoms with Gasteiger partial charge in [0.15, 0.2) is 0 Å². The maximum absolute atomic E-state index is 12.2. The summed E-state index contributed by atoms with van der Waals surface area (Å²) in [6.07, 6.45) is 0.0975. The summed E-state index contributed by atoms with van der Waals surface area (Å²) in [5.74, 6) is 0.256. The van der Waals surface area contributed by atoms with E-state index in [2.05, 4.69) is 9.97 Å². The summed E-state index contributed by atoms with van der Waals surface area (Å²) in [5, 5.41) is 17.5. The van der Waals surface area contributed by atoms with E-state index in [1.807, 2.05) is 0 Å². The van der Waals surface area contributed by atoms with Gasteiger partial charge >= 0.3 is 0 Å². The third-order valence-electron chi connectivity index (χ3n) is 1.91. The quantitative estimate of drug-likeness (QED) is 0.725. The van der Waals surface area contributed by atoms with Crippen LogP contribution in [0, 0.1) is 0 Å². The molecule has 0 unspecified atom stereocenters. The Morgan fingerprint density at radius 3 is 2.44 bits per heavy atom. The van der Waals surface area contributed by atoms with Crippen LogP contribution in [0.3, 0.4) is 0 Å². The molecular weight excluding hydrogens is 220 g/mol. The molecule has 1 rings (SSSR count). The molecule has 0 atom stereocenters. The van der Waals surface area contributed by atoms with Crippen molar-refractivity contribution < 1.29 is 19.0 Å². The zero-order valence-corrected chi connectivity index (χ0v) is 8.55. The Kier molecular flexibility index (Phi) is 5.00. The highest BCUT2D eigenvalue weighted by Gasteiger charge is 2.13. The number of rotatable bonds is 6. The van der Waals surface area contributed by atoms with Crippen molar-refractivity contribution >= 4 is 5.82 Å². The maximum Gasteiger partial charge on any atom is 0.255 e. The van der Waals surface area contributed by atoms with E-state index in [1.165, 1.54) is 17.3 Å². The van der Waals surface area contributed by atoms with Crippen molar-refractivity contribution in [2.24, 2.45) is 0 Å². The van der Waals surface area contributed by atoms with Crippen molar-refractivity contribution in [1.29, 1.82) is 0 Å². The Morgan fingerprint density at radius 2 is 2.00 bits per heavy atom. The largest absolute Gasteiger partial charge is 0.395 e. The monoisotopic (exact) mass is 233 g/mol. The lowest BCUT2D eigenvalue weighted by Crippen LogP contribution is -2.32. The standard InChI is InChI=1S/C9H13F2N3O2/c10-8(11)5-14(1-2-15)9-4-12-7(6-16)3-13-9/h3-4,8,15-16H,1-2,5-6H2. The highest BCUT2D eigenvalue weighted by Crippen LogP contribution is 2.10. The van der Waals surface area contributed by atoms with Crippen molar-refractivity contribution in [1.82, 2.24) is 9.97 Å². The highest BCUT2D eigenvalue weighted by atomic mass is 19.3. The van der Waals surface area contributed by atoms with Crippen LogP contribution in [0.5, 0.6) is 0 Å². The first-order chi connectivity index (χ1) is 7.67. The second kappa shape index (κ2) is 6.29. The molecule has 0 spiro atoms. The number of anilines is 1. The summed E-state index contributed by atoms with van der Waals surface area (Å²) in [6, 6.07) is 0. The van der Waals surface area contributed by atoms with Crippen LogP contribution in [0.4, 0.5) is 14.6 Å².